The number of nitrogens with two attached hydrogens (primary N) is 1. The van der Waals surface area contributed by atoms with E-state index in [0.29, 0.717) is 34.7 Å². The molecule has 3 rings (SSSR count). The predicted octanol–water partition coefficient (Wildman–Crippen LogP) is 4.63. The van der Waals surface area contributed by atoms with Gasteiger partial charge in [-0.1, -0.05) is 51.4 Å². The Morgan fingerprint density at radius 2 is 1.76 bits per heavy atom. The number of nitrogens with one attached hydrogen (secondary N) is 1. The summed E-state index contributed by atoms with van der Waals surface area (Å²) in [5.41, 5.74) is 6.58. The molecule has 0 heterocycles. The lowest BCUT2D eigenvalue weighted by molar-refractivity contribution is -0.164. The second kappa shape index (κ2) is 9.44. The molecular formula is C26H30ClN3O3. The van der Waals surface area contributed by atoms with Crippen molar-refractivity contribution in [1.29, 1.82) is 5.26 Å². The lowest BCUT2D eigenvalue weighted by Crippen LogP contribution is -2.74. The molecule has 33 heavy (non-hydrogen) atoms. The molecule has 2 amide bonds. The van der Waals surface area contributed by atoms with Crippen LogP contribution in [-0.4, -0.2) is 24.0 Å². The fraction of sp³-hybridized carbons (Fsp3) is 0.423. The second-order valence-corrected chi connectivity index (χ2v) is 10.2. The van der Waals surface area contributed by atoms with Crippen molar-refractivity contribution in [1.82, 2.24) is 5.32 Å². The number of hydrogen-bond donors (Lipinski definition) is 2. The van der Waals surface area contributed by atoms with Gasteiger partial charge in [0.25, 0.3) is 5.91 Å². The van der Waals surface area contributed by atoms with Gasteiger partial charge >= 0.3 is 0 Å². The Kier molecular flexibility index (Phi) is 7.04. The van der Waals surface area contributed by atoms with Crippen LogP contribution in [0.2, 0.25) is 5.02 Å². The van der Waals surface area contributed by atoms with Crippen molar-refractivity contribution in [3.63, 3.8) is 0 Å². The van der Waals surface area contributed by atoms with Gasteiger partial charge in [0, 0.05) is 34.9 Å². The van der Waals surface area contributed by atoms with Gasteiger partial charge in [-0.05, 0) is 42.7 Å². The monoisotopic (exact) mass is 467 g/mol. The number of rotatable bonds is 8. The molecule has 0 spiro atoms. The highest BCUT2D eigenvalue weighted by Crippen LogP contribution is 2.55. The molecule has 1 saturated carbocycles. The Bertz CT molecular complexity index is 1070. The van der Waals surface area contributed by atoms with Crippen LogP contribution < -0.4 is 15.8 Å². The largest absolute Gasteiger partial charge is 0.489 e. The Morgan fingerprint density at radius 1 is 1.12 bits per heavy atom. The van der Waals surface area contributed by atoms with Crippen molar-refractivity contribution < 1.29 is 14.3 Å². The summed E-state index contributed by atoms with van der Waals surface area (Å²) in [6.07, 6.45) is 1.63. The van der Waals surface area contributed by atoms with Gasteiger partial charge in [0.05, 0.1) is 10.6 Å². The summed E-state index contributed by atoms with van der Waals surface area (Å²) in [6, 6.07) is 14.4. The summed E-state index contributed by atoms with van der Waals surface area (Å²) < 4.78 is 6.27. The second-order valence-electron chi connectivity index (χ2n) is 9.82. The Morgan fingerprint density at radius 3 is 2.30 bits per heavy atom. The topological polar surface area (TPSA) is 105 Å². The number of hydrogen-bond acceptors (Lipinski definition) is 4. The number of ether oxygens (including phenoxy) is 1. The van der Waals surface area contributed by atoms with Gasteiger partial charge in [-0.15, -0.1) is 0 Å². The van der Waals surface area contributed by atoms with Crippen molar-refractivity contribution in [2.45, 2.75) is 59.1 Å². The quantitative estimate of drug-likeness (QED) is 0.590. The summed E-state index contributed by atoms with van der Waals surface area (Å²) in [4.78, 5) is 23.8. The Balaban J connectivity index is 1.65. The van der Waals surface area contributed by atoms with Gasteiger partial charge in [-0.25, -0.2) is 0 Å². The number of carbonyl (C=O) groups excluding carboxylic acids is 2. The van der Waals surface area contributed by atoms with Crippen LogP contribution in [0, 0.1) is 22.2 Å². The molecule has 0 radical (unpaired) electrons. The van der Waals surface area contributed by atoms with Crippen LogP contribution >= 0.6 is 11.6 Å². The summed E-state index contributed by atoms with van der Waals surface area (Å²) in [5, 5.41) is 12.6. The molecule has 6 nitrogen and oxygen atoms in total. The van der Waals surface area contributed by atoms with E-state index in [4.69, 9.17) is 27.3 Å². The molecule has 0 aromatic heterocycles. The van der Waals surface area contributed by atoms with E-state index in [-0.39, 0.29) is 34.8 Å². The predicted molar refractivity (Wildman–Crippen MR) is 128 cm³/mol. The maximum absolute atomic E-state index is 13.0. The van der Waals surface area contributed by atoms with Crippen molar-refractivity contribution in [2.75, 3.05) is 0 Å². The number of amides is 2. The van der Waals surface area contributed by atoms with Crippen molar-refractivity contribution >= 4 is 23.4 Å². The smallest absolute Gasteiger partial charge is 0.251 e. The highest BCUT2D eigenvalue weighted by atomic mass is 35.5. The van der Waals surface area contributed by atoms with Gasteiger partial charge < -0.3 is 15.8 Å². The summed E-state index contributed by atoms with van der Waals surface area (Å²) >= 11 is 6.15. The average molecular weight is 468 g/mol. The van der Waals surface area contributed by atoms with Crippen LogP contribution in [0.3, 0.4) is 0 Å². The fourth-order valence-corrected chi connectivity index (χ4v) is 5.31. The van der Waals surface area contributed by atoms with Crippen LogP contribution in [0.1, 0.15) is 62.0 Å². The molecule has 0 saturated heterocycles. The summed E-state index contributed by atoms with van der Waals surface area (Å²) in [5.74, 6) is 0.160. The third kappa shape index (κ3) is 5.15. The molecule has 1 aliphatic carbocycles. The highest BCUT2D eigenvalue weighted by Gasteiger charge is 2.64. The van der Waals surface area contributed by atoms with Crippen LogP contribution in [0.15, 0.2) is 42.5 Å². The molecular weight excluding hydrogens is 438 g/mol. The fourth-order valence-electron chi connectivity index (χ4n) is 5.10. The Hall–Kier alpha value is -3.04. The van der Waals surface area contributed by atoms with Crippen molar-refractivity contribution in [2.24, 2.45) is 16.6 Å². The number of aryl methyl sites for hydroxylation is 1. The van der Waals surface area contributed by atoms with E-state index < -0.39 is 0 Å². The van der Waals surface area contributed by atoms with Gasteiger partial charge in [-0.3, -0.25) is 9.59 Å². The zero-order chi connectivity index (χ0) is 24.4. The molecule has 174 valence electrons. The standard InChI is InChI=1S/C26H30ClN3O3/c1-25(2)23(26(3,4)24(25)33-19-13-12-18(15-28)20(27)14-19)30-22(32)17-10-8-16(9-11-17)6-5-7-21(29)31/h8-14,23-24H,5-7H2,1-4H3,(H2,29,31)(H,30,32). The maximum Gasteiger partial charge on any atom is 0.251 e. The average Bonchev–Trinajstić information content (AvgIpc) is 2.75. The normalized spacial score (nSPS) is 20.2. The number of nitriles is 1. The minimum Gasteiger partial charge on any atom is -0.489 e. The van der Waals surface area contributed by atoms with Gasteiger partial charge in [0.2, 0.25) is 5.91 Å². The molecule has 0 bridgehead atoms. The first kappa shape index (κ1) is 24.6. The third-order valence-electron chi connectivity index (χ3n) is 6.53. The van der Waals surface area contributed by atoms with E-state index in [2.05, 4.69) is 33.0 Å². The van der Waals surface area contributed by atoms with Crippen LogP contribution in [0.4, 0.5) is 0 Å². The van der Waals surface area contributed by atoms with E-state index in [1.165, 1.54) is 0 Å². The summed E-state index contributed by atoms with van der Waals surface area (Å²) in [7, 11) is 0. The number of halogens is 1. The summed E-state index contributed by atoms with van der Waals surface area (Å²) in [6.45, 7) is 8.28. The zero-order valence-corrected chi connectivity index (χ0v) is 20.2. The number of carbonyl (C=O) groups is 2. The van der Waals surface area contributed by atoms with E-state index in [1.807, 2.05) is 18.2 Å². The molecule has 7 heteroatoms. The molecule has 0 atom stereocenters. The first-order valence-electron chi connectivity index (χ1n) is 11.0. The first-order chi connectivity index (χ1) is 15.5. The minimum atomic E-state index is -0.325. The molecule has 3 N–H and O–H groups in total. The number of benzene rings is 2. The molecule has 1 aliphatic rings. The van der Waals surface area contributed by atoms with E-state index in [9.17, 15) is 9.59 Å². The Labute approximate surface area is 200 Å². The van der Waals surface area contributed by atoms with Crippen molar-refractivity contribution in [3.8, 4) is 11.8 Å². The van der Waals surface area contributed by atoms with Crippen LogP contribution in [0.25, 0.3) is 0 Å². The number of primary amides is 1. The van der Waals surface area contributed by atoms with Gasteiger partial charge in [-0.2, -0.15) is 5.26 Å². The van der Waals surface area contributed by atoms with Crippen LogP contribution in [0.5, 0.6) is 5.75 Å². The van der Waals surface area contributed by atoms with E-state index in [0.717, 1.165) is 12.0 Å². The molecule has 2 aromatic carbocycles. The SMILES string of the molecule is CC1(C)C(NC(=O)c2ccc(CCCC(N)=O)cc2)C(C)(C)C1Oc1ccc(C#N)c(Cl)c1. The molecule has 0 aliphatic heterocycles. The van der Waals surface area contributed by atoms with Gasteiger partial charge in [0.15, 0.2) is 0 Å². The lowest BCUT2D eigenvalue weighted by atomic mass is 9.49. The molecule has 0 unspecified atom stereocenters. The van der Waals surface area contributed by atoms with Gasteiger partial charge in [0.1, 0.15) is 17.9 Å². The molecule has 2 aromatic rings. The number of nitrogens with zero attached hydrogens (tertiary/aromatic N) is 1. The lowest BCUT2D eigenvalue weighted by Gasteiger charge is -2.63. The van der Waals surface area contributed by atoms with Crippen LogP contribution in [-0.2, 0) is 11.2 Å². The minimum absolute atomic E-state index is 0.105. The zero-order valence-electron chi connectivity index (χ0n) is 19.4. The van der Waals surface area contributed by atoms with Crippen molar-refractivity contribution in [3.05, 3.63) is 64.2 Å². The highest BCUT2D eigenvalue weighted by molar-refractivity contribution is 6.31. The van der Waals surface area contributed by atoms with E-state index >= 15 is 0 Å². The maximum atomic E-state index is 13.0. The first-order valence-corrected chi connectivity index (χ1v) is 11.4. The van der Waals surface area contributed by atoms with E-state index in [1.54, 1.807) is 30.3 Å². The molecule has 1 fully saturated rings. The third-order valence-corrected chi connectivity index (χ3v) is 6.85.